The highest BCUT2D eigenvalue weighted by atomic mass is 16.5. The second kappa shape index (κ2) is 10.1. The molecule has 3 rings (SSSR count). The van der Waals surface area contributed by atoms with Crippen LogP contribution in [0, 0.1) is 0 Å². The molecule has 1 N–H and O–H groups in total. The molecule has 0 aliphatic carbocycles. The number of aryl methyl sites for hydroxylation is 1. The molecule has 0 spiro atoms. The zero-order chi connectivity index (χ0) is 18.0. The molecule has 2 aromatic rings. The summed E-state index contributed by atoms with van der Waals surface area (Å²) in [4.78, 5) is 14.5. The van der Waals surface area contributed by atoms with E-state index in [9.17, 15) is 4.79 Å². The van der Waals surface area contributed by atoms with E-state index in [1.807, 2.05) is 18.2 Å². The van der Waals surface area contributed by atoms with Gasteiger partial charge in [-0.1, -0.05) is 30.3 Å². The van der Waals surface area contributed by atoms with E-state index in [0.717, 1.165) is 51.3 Å². The number of furan rings is 1. The average Bonchev–Trinajstić information content (AvgIpc) is 3.22. The number of amides is 1. The van der Waals surface area contributed by atoms with Gasteiger partial charge >= 0.3 is 0 Å². The number of hydrogen-bond donors (Lipinski definition) is 1. The van der Waals surface area contributed by atoms with Crippen LogP contribution in [0.4, 0.5) is 0 Å². The standard InChI is InChI=1S/C21H28N2O3/c24-21(11-5-4-9-18-7-2-1-3-8-18)22-17-19(20-10-6-14-26-20)23-12-15-25-16-13-23/h1-3,6-8,10,14,19H,4-5,9,11-13,15-17H2,(H,22,24). The van der Waals surface area contributed by atoms with Crippen molar-refractivity contribution in [2.24, 2.45) is 0 Å². The van der Waals surface area contributed by atoms with E-state index in [-0.39, 0.29) is 11.9 Å². The van der Waals surface area contributed by atoms with Crippen LogP contribution in [-0.2, 0) is 16.0 Å². The predicted molar refractivity (Wildman–Crippen MR) is 101 cm³/mol. The summed E-state index contributed by atoms with van der Waals surface area (Å²) in [5, 5.41) is 3.09. The first-order valence-electron chi connectivity index (χ1n) is 9.49. The van der Waals surface area contributed by atoms with Crippen molar-refractivity contribution < 1.29 is 13.9 Å². The molecule has 0 bridgehead atoms. The van der Waals surface area contributed by atoms with Crippen molar-refractivity contribution in [2.45, 2.75) is 31.7 Å². The molecule has 1 aromatic carbocycles. The van der Waals surface area contributed by atoms with Crippen molar-refractivity contribution >= 4 is 5.91 Å². The van der Waals surface area contributed by atoms with E-state index in [1.54, 1.807) is 6.26 Å². The molecule has 1 atom stereocenters. The quantitative estimate of drug-likeness (QED) is 0.701. The van der Waals surface area contributed by atoms with Gasteiger partial charge in [-0.2, -0.15) is 0 Å². The minimum atomic E-state index is 0.0715. The number of unbranched alkanes of at least 4 members (excludes halogenated alkanes) is 1. The molecule has 26 heavy (non-hydrogen) atoms. The molecular formula is C21H28N2O3. The maximum atomic E-state index is 12.2. The molecule has 2 heterocycles. The largest absolute Gasteiger partial charge is 0.468 e. The molecule has 1 aliphatic rings. The van der Waals surface area contributed by atoms with Gasteiger partial charge < -0.3 is 14.5 Å². The zero-order valence-electron chi connectivity index (χ0n) is 15.2. The Morgan fingerprint density at radius 2 is 1.88 bits per heavy atom. The number of carbonyl (C=O) groups excluding carboxylic acids is 1. The van der Waals surface area contributed by atoms with Crippen molar-refractivity contribution in [3.63, 3.8) is 0 Å². The molecule has 0 saturated carbocycles. The number of benzene rings is 1. The topological polar surface area (TPSA) is 54.7 Å². The van der Waals surface area contributed by atoms with Crippen molar-refractivity contribution in [3.05, 3.63) is 60.1 Å². The molecule has 140 valence electrons. The van der Waals surface area contributed by atoms with Crippen LogP contribution < -0.4 is 5.32 Å². The Labute approximate surface area is 155 Å². The van der Waals surface area contributed by atoms with Gasteiger partial charge in [-0.3, -0.25) is 9.69 Å². The van der Waals surface area contributed by atoms with E-state index in [1.165, 1.54) is 5.56 Å². The van der Waals surface area contributed by atoms with E-state index in [2.05, 4.69) is 34.5 Å². The van der Waals surface area contributed by atoms with Gasteiger partial charge in [-0.25, -0.2) is 0 Å². The summed E-state index contributed by atoms with van der Waals surface area (Å²) in [5.74, 6) is 1.01. The van der Waals surface area contributed by atoms with Crippen LogP contribution in [0.5, 0.6) is 0 Å². The number of morpholine rings is 1. The highest BCUT2D eigenvalue weighted by molar-refractivity contribution is 5.75. The molecule has 5 nitrogen and oxygen atoms in total. The monoisotopic (exact) mass is 356 g/mol. The Balaban J connectivity index is 1.41. The number of carbonyl (C=O) groups is 1. The van der Waals surface area contributed by atoms with E-state index >= 15 is 0 Å². The maximum absolute atomic E-state index is 12.2. The first-order valence-corrected chi connectivity index (χ1v) is 9.49. The summed E-state index contributed by atoms with van der Waals surface area (Å²) in [7, 11) is 0. The fourth-order valence-corrected chi connectivity index (χ4v) is 3.34. The summed E-state index contributed by atoms with van der Waals surface area (Å²) < 4.78 is 11.0. The highest BCUT2D eigenvalue weighted by Gasteiger charge is 2.25. The smallest absolute Gasteiger partial charge is 0.220 e. The maximum Gasteiger partial charge on any atom is 0.220 e. The summed E-state index contributed by atoms with van der Waals surface area (Å²) in [5.41, 5.74) is 1.33. The van der Waals surface area contributed by atoms with Gasteiger partial charge in [0.05, 0.1) is 25.5 Å². The van der Waals surface area contributed by atoms with Crippen molar-refractivity contribution in [1.82, 2.24) is 10.2 Å². The molecule has 5 heteroatoms. The SMILES string of the molecule is O=C(CCCCc1ccccc1)NCC(c1ccco1)N1CCOCC1. The first-order chi connectivity index (χ1) is 12.8. The zero-order valence-corrected chi connectivity index (χ0v) is 15.2. The summed E-state index contributed by atoms with van der Waals surface area (Å²) in [6.45, 7) is 3.75. The van der Waals surface area contributed by atoms with Crippen LogP contribution in [0.1, 0.15) is 36.6 Å². The predicted octanol–water partition coefficient (Wildman–Crippen LogP) is 3.18. The second-order valence-corrected chi connectivity index (χ2v) is 6.68. The molecule has 1 aliphatic heterocycles. The van der Waals surface area contributed by atoms with E-state index < -0.39 is 0 Å². The third kappa shape index (κ3) is 5.71. The minimum Gasteiger partial charge on any atom is -0.468 e. The normalized spacial score (nSPS) is 16.3. The number of rotatable bonds is 9. The Kier molecular flexibility index (Phi) is 7.28. The molecule has 1 unspecified atom stereocenters. The van der Waals surface area contributed by atoms with Gasteiger partial charge in [0.1, 0.15) is 5.76 Å². The lowest BCUT2D eigenvalue weighted by molar-refractivity contribution is -0.121. The minimum absolute atomic E-state index is 0.0715. The van der Waals surface area contributed by atoms with Gasteiger partial charge in [-0.05, 0) is 37.0 Å². The lowest BCUT2D eigenvalue weighted by Crippen LogP contribution is -2.43. The van der Waals surface area contributed by atoms with Crippen molar-refractivity contribution in [3.8, 4) is 0 Å². The highest BCUT2D eigenvalue weighted by Crippen LogP contribution is 2.21. The lowest BCUT2D eigenvalue weighted by atomic mass is 10.1. The molecule has 1 fully saturated rings. The van der Waals surface area contributed by atoms with Crippen molar-refractivity contribution in [1.29, 1.82) is 0 Å². The van der Waals surface area contributed by atoms with Crippen molar-refractivity contribution in [2.75, 3.05) is 32.8 Å². The van der Waals surface area contributed by atoms with Crippen LogP contribution in [-0.4, -0.2) is 43.7 Å². The van der Waals surface area contributed by atoms with Gasteiger partial charge in [0.2, 0.25) is 5.91 Å². The average molecular weight is 356 g/mol. The molecule has 1 aromatic heterocycles. The summed E-state index contributed by atoms with van der Waals surface area (Å²) in [6, 6.07) is 14.4. The summed E-state index contributed by atoms with van der Waals surface area (Å²) in [6.07, 6.45) is 5.22. The Hall–Kier alpha value is -2.11. The number of nitrogens with zero attached hydrogens (tertiary/aromatic N) is 1. The van der Waals surface area contributed by atoms with Gasteiger partial charge in [0.15, 0.2) is 0 Å². The van der Waals surface area contributed by atoms with Crippen LogP contribution in [0.3, 0.4) is 0 Å². The van der Waals surface area contributed by atoms with Gasteiger partial charge in [0.25, 0.3) is 0 Å². The lowest BCUT2D eigenvalue weighted by Gasteiger charge is -2.33. The molecule has 1 amide bonds. The fraction of sp³-hybridized carbons (Fsp3) is 0.476. The van der Waals surface area contributed by atoms with Crippen LogP contribution in [0.25, 0.3) is 0 Å². The van der Waals surface area contributed by atoms with Crippen LogP contribution in [0.2, 0.25) is 0 Å². The molecule has 0 radical (unpaired) electrons. The number of hydrogen-bond acceptors (Lipinski definition) is 4. The van der Waals surface area contributed by atoms with Gasteiger partial charge in [-0.15, -0.1) is 0 Å². The number of nitrogens with one attached hydrogen (secondary N) is 1. The molecular weight excluding hydrogens is 328 g/mol. The van der Waals surface area contributed by atoms with E-state index in [4.69, 9.17) is 9.15 Å². The Morgan fingerprint density at radius 3 is 2.62 bits per heavy atom. The molecule has 1 saturated heterocycles. The fourth-order valence-electron chi connectivity index (χ4n) is 3.34. The van der Waals surface area contributed by atoms with Crippen LogP contribution in [0.15, 0.2) is 53.1 Å². The third-order valence-electron chi connectivity index (χ3n) is 4.81. The van der Waals surface area contributed by atoms with Crippen LogP contribution >= 0.6 is 0 Å². The van der Waals surface area contributed by atoms with Gasteiger partial charge in [0, 0.05) is 26.1 Å². The van der Waals surface area contributed by atoms with E-state index in [0.29, 0.717) is 13.0 Å². The number of ether oxygens (including phenoxy) is 1. The Morgan fingerprint density at radius 1 is 1.08 bits per heavy atom. The first kappa shape index (κ1) is 18.7. The third-order valence-corrected chi connectivity index (χ3v) is 4.81. The second-order valence-electron chi connectivity index (χ2n) is 6.68. The Bertz CT molecular complexity index is 637. The summed E-state index contributed by atoms with van der Waals surface area (Å²) >= 11 is 0.